The van der Waals surface area contributed by atoms with Gasteiger partial charge in [-0.2, -0.15) is 26.3 Å². The van der Waals surface area contributed by atoms with Crippen LogP contribution in [0.1, 0.15) is 51.5 Å². The molecular weight excluding hydrogens is 614 g/mol. The summed E-state index contributed by atoms with van der Waals surface area (Å²) >= 11 is 0. The Labute approximate surface area is 252 Å². The molecule has 0 atom stereocenters. The standard InChI is InChI=1S/C24H28N6O.2C2HF3O2/c1-2-10-29-24(31)21-15-30(13-17-4-3-5-19(12-17)23(27)28)14-20(21)11-16-6-8-18(9-7-16)22(25)26;2*3-2(4,5)1(6)7/h3-9,12,14-15H,2,10-11,13H2,1H3,(H3,25,26)(H3,27,28)(H,29,31);2*(H,6,7). The van der Waals surface area contributed by atoms with E-state index in [1.54, 1.807) is 6.07 Å². The van der Waals surface area contributed by atoms with Crippen molar-refractivity contribution in [1.29, 1.82) is 10.8 Å². The molecule has 1 aromatic heterocycles. The van der Waals surface area contributed by atoms with Gasteiger partial charge in [0.2, 0.25) is 0 Å². The molecule has 0 radical (unpaired) electrons. The number of aromatic nitrogens is 1. The molecular formula is C28H30F6N6O5. The quantitative estimate of drug-likeness (QED) is 0.103. The molecule has 0 fully saturated rings. The third kappa shape index (κ3) is 13.2. The van der Waals surface area contributed by atoms with Gasteiger partial charge in [0.05, 0.1) is 5.56 Å². The molecule has 0 bridgehead atoms. The molecule has 0 saturated heterocycles. The Hall–Kier alpha value is -5.35. The zero-order valence-corrected chi connectivity index (χ0v) is 23.6. The van der Waals surface area contributed by atoms with Crippen molar-refractivity contribution in [1.82, 2.24) is 9.88 Å². The van der Waals surface area contributed by atoms with Crippen LogP contribution >= 0.6 is 0 Å². The van der Waals surface area contributed by atoms with E-state index in [0.717, 1.165) is 23.1 Å². The minimum atomic E-state index is -5.08. The number of nitrogen functional groups attached to an aromatic ring is 2. The molecule has 3 rings (SSSR count). The zero-order valence-electron chi connectivity index (χ0n) is 23.6. The molecule has 2 aromatic carbocycles. The predicted octanol–water partition coefficient (Wildman–Crippen LogP) is 4.10. The lowest BCUT2D eigenvalue weighted by molar-refractivity contribution is -0.193. The molecule has 45 heavy (non-hydrogen) atoms. The average molecular weight is 645 g/mol. The molecule has 0 saturated carbocycles. The first-order chi connectivity index (χ1) is 20.8. The van der Waals surface area contributed by atoms with Gasteiger partial charge in [-0.15, -0.1) is 0 Å². The van der Waals surface area contributed by atoms with Crippen LogP contribution in [0.25, 0.3) is 0 Å². The summed E-state index contributed by atoms with van der Waals surface area (Å²) in [7, 11) is 0. The molecule has 244 valence electrons. The second-order valence-electron chi connectivity index (χ2n) is 9.13. The van der Waals surface area contributed by atoms with Crippen molar-refractivity contribution in [3.63, 3.8) is 0 Å². The minimum absolute atomic E-state index is 0.0312. The van der Waals surface area contributed by atoms with Crippen LogP contribution in [-0.4, -0.2) is 63.2 Å². The van der Waals surface area contributed by atoms with Crippen LogP contribution < -0.4 is 16.8 Å². The fourth-order valence-electron chi connectivity index (χ4n) is 3.40. The minimum Gasteiger partial charge on any atom is -0.475 e. The highest BCUT2D eigenvalue weighted by Gasteiger charge is 2.38. The SMILES string of the molecule is CCCNC(=O)c1cn(Cc2cccc(C(=N)N)c2)cc1Cc1ccc(C(=N)N)cc1.O=C(O)C(F)(F)F.O=C(O)C(F)(F)F. The van der Waals surface area contributed by atoms with Gasteiger partial charge in [0, 0.05) is 36.6 Å². The van der Waals surface area contributed by atoms with E-state index in [9.17, 15) is 31.1 Å². The summed E-state index contributed by atoms with van der Waals surface area (Å²) in [6.45, 7) is 3.21. The first-order valence-corrected chi connectivity index (χ1v) is 12.7. The molecule has 0 spiro atoms. The summed E-state index contributed by atoms with van der Waals surface area (Å²) in [5.74, 6) is -5.54. The third-order valence-corrected chi connectivity index (χ3v) is 5.49. The number of rotatable bonds is 9. The van der Waals surface area contributed by atoms with E-state index in [4.69, 9.17) is 42.1 Å². The number of amides is 1. The lowest BCUT2D eigenvalue weighted by Gasteiger charge is -2.06. The Kier molecular flexibility index (Phi) is 13.8. The maximum absolute atomic E-state index is 12.8. The molecule has 11 nitrogen and oxygen atoms in total. The number of aliphatic carboxylic acids is 2. The van der Waals surface area contributed by atoms with Crippen molar-refractivity contribution in [3.8, 4) is 0 Å². The van der Waals surface area contributed by atoms with E-state index in [0.29, 0.717) is 36.2 Å². The molecule has 1 heterocycles. The smallest absolute Gasteiger partial charge is 0.475 e. The van der Waals surface area contributed by atoms with Crippen molar-refractivity contribution in [2.45, 2.75) is 38.7 Å². The van der Waals surface area contributed by atoms with Crippen LogP contribution in [0.2, 0.25) is 0 Å². The summed E-state index contributed by atoms with van der Waals surface area (Å²) in [6.07, 6.45) is -4.86. The second-order valence-corrected chi connectivity index (χ2v) is 9.13. The number of benzene rings is 2. The van der Waals surface area contributed by atoms with E-state index in [1.807, 2.05) is 66.3 Å². The monoisotopic (exact) mass is 644 g/mol. The summed E-state index contributed by atoms with van der Waals surface area (Å²) in [5.41, 5.74) is 16.1. The van der Waals surface area contributed by atoms with E-state index in [2.05, 4.69) is 5.32 Å². The Morgan fingerprint density at radius 1 is 0.822 bits per heavy atom. The molecule has 0 aliphatic heterocycles. The summed E-state index contributed by atoms with van der Waals surface area (Å²) in [4.78, 5) is 30.5. The van der Waals surface area contributed by atoms with Crippen LogP contribution in [0, 0.1) is 10.8 Å². The number of carboxylic acids is 2. The van der Waals surface area contributed by atoms with Gasteiger partial charge >= 0.3 is 24.3 Å². The highest BCUT2D eigenvalue weighted by Crippen LogP contribution is 2.19. The van der Waals surface area contributed by atoms with Gasteiger partial charge in [0.25, 0.3) is 5.91 Å². The number of hydrogen-bond acceptors (Lipinski definition) is 5. The van der Waals surface area contributed by atoms with Crippen molar-refractivity contribution < 1.29 is 50.9 Å². The van der Waals surface area contributed by atoms with Crippen LogP contribution in [0.15, 0.2) is 60.9 Å². The number of hydrogen-bond donors (Lipinski definition) is 7. The first-order valence-electron chi connectivity index (χ1n) is 12.7. The summed E-state index contributed by atoms with van der Waals surface area (Å²) in [6, 6.07) is 15.0. The van der Waals surface area contributed by atoms with E-state index in [1.165, 1.54) is 0 Å². The molecule has 9 N–H and O–H groups in total. The van der Waals surface area contributed by atoms with Crippen molar-refractivity contribution in [2.75, 3.05) is 6.54 Å². The third-order valence-electron chi connectivity index (χ3n) is 5.49. The molecule has 3 aromatic rings. The Balaban J connectivity index is 0.000000601. The largest absolute Gasteiger partial charge is 0.490 e. The van der Waals surface area contributed by atoms with Gasteiger partial charge in [0.1, 0.15) is 11.7 Å². The van der Waals surface area contributed by atoms with Crippen LogP contribution in [-0.2, 0) is 22.6 Å². The topological polar surface area (TPSA) is 208 Å². The number of amidine groups is 2. The van der Waals surface area contributed by atoms with E-state index < -0.39 is 24.3 Å². The molecule has 0 unspecified atom stereocenters. The van der Waals surface area contributed by atoms with Crippen LogP contribution in [0.5, 0.6) is 0 Å². The van der Waals surface area contributed by atoms with E-state index in [-0.39, 0.29) is 17.6 Å². The lowest BCUT2D eigenvalue weighted by atomic mass is 10.0. The molecule has 17 heteroatoms. The number of halogens is 6. The predicted molar refractivity (Wildman–Crippen MR) is 151 cm³/mol. The number of carboxylic acid groups (broad SMARTS) is 2. The van der Waals surface area contributed by atoms with Gasteiger partial charge in [0.15, 0.2) is 0 Å². The van der Waals surface area contributed by atoms with Crippen molar-refractivity contribution in [2.24, 2.45) is 11.5 Å². The van der Waals surface area contributed by atoms with Gasteiger partial charge < -0.3 is 31.6 Å². The highest BCUT2D eigenvalue weighted by atomic mass is 19.4. The van der Waals surface area contributed by atoms with Crippen molar-refractivity contribution >= 4 is 29.5 Å². The molecule has 1 amide bonds. The Morgan fingerprint density at radius 3 is 1.78 bits per heavy atom. The number of alkyl halides is 6. The average Bonchev–Trinajstić information content (AvgIpc) is 3.33. The Bertz CT molecular complexity index is 1480. The highest BCUT2D eigenvalue weighted by molar-refractivity contribution is 5.96. The summed E-state index contributed by atoms with van der Waals surface area (Å²) < 4.78 is 65.5. The van der Waals surface area contributed by atoms with Crippen LogP contribution in [0.3, 0.4) is 0 Å². The van der Waals surface area contributed by atoms with Gasteiger partial charge in [-0.05, 0) is 35.6 Å². The van der Waals surface area contributed by atoms with Gasteiger partial charge in [-0.25, -0.2) is 9.59 Å². The number of carbonyl (C=O) groups is 3. The second kappa shape index (κ2) is 16.5. The maximum atomic E-state index is 12.8. The fourth-order valence-corrected chi connectivity index (χ4v) is 3.40. The van der Waals surface area contributed by atoms with Crippen LogP contribution in [0.4, 0.5) is 26.3 Å². The number of nitrogens with two attached hydrogens (primary N) is 2. The maximum Gasteiger partial charge on any atom is 0.490 e. The number of nitrogens with one attached hydrogen (secondary N) is 3. The van der Waals surface area contributed by atoms with E-state index >= 15 is 0 Å². The fraction of sp³-hybridized carbons (Fsp3) is 0.250. The zero-order chi connectivity index (χ0) is 34.5. The van der Waals surface area contributed by atoms with Gasteiger partial charge in [-0.3, -0.25) is 15.6 Å². The molecule has 0 aliphatic carbocycles. The normalized spacial score (nSPS) is 10.8. The Morgan fingerprint density at radius 2 is 1.33 bits per heavy atom. The van der Waals surface area contributed by atoms with Crippen molar-refractivity contribution in [3.05, 3.63) is 94.3 Å². The number of carbonyl (C=O) groups excluding carboxylic acids is 1. The molecule has 0 aliphatic rings. The summed E-state index contributed by atoms with van der Waals surface area (Å²) in [5, 5.41) is 32.4. The lowest BCUT2D eigenvalue weighted by Crippen LogP contribution is -2.24. The number of nitrogens with zero attached hydrogens (tertiary/aromatic N) is 1. The van der Waals surface area contributed by atoms with Gasteiger partial charge in [-0.1, -0.05) is 49.4 Å². The first kappa shape index (κ1) is 37.7.